The average Bonchev–Trinajstić information content (AvgIpc) is 3.23. The standard InChI is InChI=1S/C25H25F2N5O3/c1-3-30-12-16(25(34)35)24(33)15-10-17(26)23(21(27)22(15)30)32-9-8-31(14(2)11-32)13-20-28-18-6-4-5-7-19(18)29-20/h4-7,10,12,14H,3,8-9,11,13H2,1-2H3,(H,28,29)(H,34,35). The summed E-state index contributed by atoms with van der Waals surface area (Å²) < 4.78 is 32.3. The van der Waals surface area contributed by atoms with Gasteiger partial charge in [-0.2, -0.15) is 0 Å². The fraction of sp³-hybridized carbons (Fsp3) is 0.320. The number of aromatic amines is 1. The minimum absolute atomic E-state index is 0.0192. The molecule has 5 rings (SSSR count). The number of piperazine rings is 1. The predicted molar refractivity (Wildman–Crippen MR) is 129 cm³/mol. The number of nitrogens with one attached hydrogen (secondary N) is 1. The number of hydrogen-bond acceptors (Lipinski definition) is 5. The third-order valence-corrected chi connectivity index (χ3v) is 6.67. The summed E-state index contributed by atoms with van der Waals surface area (Å²) in [6.45, 7) is 5.83. The first-order valence-corrected chi connectivity index (χ1v) is 11.5. The van der Waals surface area contributed by atoms with Crippen molar-refractivity contribution in [2.45, 2.75) is 33.0 Å². The molecule has 2 aromatic carbocycles. The molecule has 1 aliphatic rings. The average molecular weight is 482 g/mol. The molecular formula is C25H25F2N5O3. The number of aromatic nitrogens is 3. The van der Waals surface area contributed by atoms with Gasteiger partial charge in [-0.25, -0.2) is 18.6 Å². The number of rotatable bonds is 5. The molecule has 0 amide bonds. The van der Waals surface area contributed by atoms with E-state index < -0.39 is 28.6 Å². The Morgan fingerprint density at radius 3 is 2.71 bits per heavy atom. The number of halogens is 2. The van der Waals surface area contributed by atoms with Crippen molar-refractivity contribution in [2.24, 2.45) is 0 Å². The first-order chi connectivity index (χ1) is 16.8. The fourth-order valence-electron chi connectivity index (χ4n) is 4.87. The van der Waals surface area contributed by atoms with Crippen molar-refractivity contribution in [3.05, 3.63) is 69.8 Å². The zero-order valence-electron chi connectivity index (χ0n) is 19.4. The molecule has 1 atom stereocenters. The van der Waals surface area contributed by atoms with Crippen molar-refractivity contribution < 1.29 is 18.7 Å². The second-order valence-electron chi connectivity index (χ2n) is 8.85. The number of nitrogens with zero attached hydrogens (tertiary/aromatic N) is 4. The van der Waals surface area contributed by atoms with Crippen LogP contribution in [0.4, 0.5) is 14.5 Å². The summed E-state index contributed by atoms with van der Waals surface area (Å²) in [5, 5.41) is 9.05. The Balaban J connectivity index is 1.45. The van der Waals surface area contributed by atoms with Crippen molar-refractivity contribution in [1.29, 1.82) is 0 Å². The zero-order valence-corrected chi connectivity index (χ0v) is 19.4. The number of pyridine rings is 1. The number of H-pyrrole nitrogens is 1. The zero-order chi connectivity index (χ0) is 24.9. The lowest BCUT2D eigenvalue weighted by atomic mass is 10.1. The van der Waals surface area contributed by atoms with E-state index in [0.29, 0.717) is 26.2 Å². The molecule has 0 aliphatic carbocycles. The number of carbonyl (C=O) groups is 1. The van der Waals surface area contributed by atoms with Gasteiger partial charge in [-0.3, -0.25) is 9.69 Å². The van der Waals surface area contributed by atoms with Crippen LogP contribution in [0.1, 0.15) is 30.0 Å². The minimum Gasteiger partial charge on any atom is -0.477 e. The van der Waals surface area contributed by atoms with Gasteiger partial charge in [0.25, 0.3) is 0 Å². The lowest BCUT2D eigenvalue weighted by molar-refractivity contribution is 0.0694. The number of carboxylic acid groups (broad SMARTS) is 1. The van der Waals surface area contributed by atoms with Crippen LogP contribution in [0.25, 0.3) is 21.9 Å². The van der Waals surface area contributed by atoms with Crippen LogP contribution in [-0.4, -0.2) is 56.2 Å². The number of anilines is 1. The van der Waals surface area contributed by atoms with Gasteiger partial charge in [-0.05, 0) is 32.0 Å². The number of carboxylic acids is 1. The fourth-order valence-corrected chi connectivity index (χ4v) is 4.87. The second kappa shape index (κ2) is 8.77. The molecule has 0 bridgehead atoms. The summed E-state index contributed by atoms with van der Waals surface area (Å²) in [5.74, 6) is -2.33. The van der Waals surface area contributed by atoms with Crippen LogP contribution in [0.2, 0.25) is 0 Å². The summed E-state index contributed by atoms with van der Waals surface area (Å²) >= 11 is 0. The lowest BCUT2D eigenvalue weighted by Gasteiger charge is -2.40. The number of aromatic carboxylic acids is 1. The SMILES string of the molecule is CCn1cc(C(=O)O)c(=O)c2cc(F)c(N3CCN(Cc4nc5ccccc5[nH]4)C(C)C3)c(F)c21. The summed E-state index contributed by atoms with van der Waals surface area (Å²) in [6, 6.07) is 8.72. The third kappa shape index (κ3) is 3.93. The van der Waals surface area contributed by atoms with Crippen LogP contribution >= 0.6 is 0 Å². The van der Waals surface area contributed by atoms with E-state index in [1.54, 1.807) is 11.8 Å². The number of benzene rings is 2. The highest BCUT2D eigenvalue weighted by molar-refractivity contribution is 5.93. The van der Waals surface area contributed by atoms with Crippen molar-refractivity contribution in [2.75, 3.05) is 24.5 Å². The van der Waals surface area contributed by atoms with Gasteiger partial charge in [0.15, 0.2) is 5.82 Å². The monoisotopic (exact) mass is 481 g/mol. The van der Waals surface area contributed by atoms with Gasteiger partial charge < -0.3 is 19.6 Å². The predicted octanol–water partition coefficient (Wildman–Crippen LogP) is 3.58. The summed E-state index contributed by atoms with van der Waals surface area (Å²) in [5.41, 5.74) is 0.155. The maximum Gasteiger partial charge on any atom is 0.341 e. The first kappa shape index (κ1) is 23.0. The molecule has 2 aromatic heterocycles. The van der Waals surface area contributed by atoms with Crippen molar-refractivity contribution in [1.82, 2.24) is 19.4 Å². The first-order valence-electron chi connectivity index (χ1n) is 11.5. The Hall–Kier alpha value is -3.79. The topological polar surface area (TPSA) is 94.5 Å². The summed E-state index contributed by atoms with van der Waals surface area (Å²) in [7, 11) is 0. The number of hydrogen-bond donors (Lipinski definition) is 2. The molecule has 8 nitrogen and oxygen atoms in total. The molecule has 2 N–H and O–H groups in total. The largest absolute Gasteiger partial charge is 0.477 e. The molecule has 3 heterocycles. The van der Waals surface area contributed by atoms with Gasteiger partial charge >= 0.3 is 5.97 Å². The van der Waals surface area contributed by atoms with E-state index in [1.165, 1.54) is 4.57 Å². The van der Waals surface area contributed by atoms with Crippen LogP contribution in [0, 0.1) is 11.6 Å². The molecule has 0 spiro atoms. The van der Waals surface area contributed by atoms with Crippen molar-refractivity contribution in [3.8, 4) is 0 Å². The Bertz CT molecular complexity index is 1480. The maximum atomic E-state index is 15.7. The Labute approximate surface area is 199 Å². The molecule has 0 radical (unpaired) electrons. The molecular weight excluding hydrogens is 456 g/mol. The highest BCUT2D eigenvalue weighted by atomic mass is 19.1. The molecule has 0 saturated carbocycles. The van der Waals surface area contributed by atoms with Gasteiger partial charge in [0.05, 0.1) is 28.5 Å². The Morgan fingerprint density at radius 2 is 2.03 bits per heavy atom. The van der Waals surface area contributed by atoms with E-state index in [1.807, 2.05) is 31.2 Å². The lowest BCUT2D eigenvalue weighted by Crippen LogP contribution is -2.52. The van der Waals surface area contributed by atoms with E-state index >= 15 is 8.78 Å². The minimum atomic E-state index is -1.43. The van der Waals surface area contributed by atoms with Gasteiger partial charge in [0, 0.05) is 38.4 Å². The number of fused-ring (bicyclic) bond motifs is 2. The number of imidazole rings is 1. The van der Waals surface area contributed by atoms with Crippen molar-refractivity contribution in [3.63, 3.8) is 0 Å². The highest BCUT2D eigenvalue weighted by Gasteiger charge is 2.30. The second-order valence-corrected chi connectivity index (χ2v) is 8.85. The van der Waals surface area contributed by atoms with Gasteiger partial charge in [0.1, 0.15) is 22.9 Å². The molecule has 1 saturated heterocycles. The van der Waals surface area contributed by atoms with Crippen LogP contribution in [0.5, 0.6) is 0 Å². The molecule has 4 aromatic rings. The smallest absolute Gasteiger partial charge is 0.341 e. The van der Waals surface area contributed by atoms with Crippen LogP contribution < -0.4 is 10.3 Å². The molecule has 1 fully saturated rings. The normalized spacial score (nSPS) is 16.9. The van der Waals surface area contributed by atoms with Crippen LogP contribution in [0.3, 0.4) is 0 Å². The van der Waals surface area contributed by atoms with E-state index in [9.17, 15) is 14.7 Å². The van der Waals surface area contributed by atoms with E-state index in [-0.39, 0.29) is 29.2 Å². The van der Waals surface area contributed by atoms with Gasteiger partial charge in [0.2, 0.25) is 5.43 Å². The molecule has 10 heteroatoms. The molecule has 35 heavy (non-hydrogen) atoms. The van der Waals surface area contributed by atoms with Crippen LogP contribution in [0.15, 0.2) is 41.3 Å². The highest BCUT2D eigenvalue weighted by Crippen LogP contribution is 2.32. The summed E-state index contributed by atoms with van der Waals surface area (Å²) in [6.07, 6.45) is 1.12. The molecule has 1 aliphatic heterocycles. The Morgan fingerprint density at radius 1 is 1.26 bits per heavy atom. The quantitative estimate of drug-likeness (QED) is 0.453. The van der Waals surface area contributed by atoms with Gasteiger partial charge in [-0.1, -0.05) is 12.1 Å². The van der Waals surface area contributed by atoms with Crippen LogP contribution in [-0.2, 0) is 13.1 Å². The molecule has 182 valence electrons. The van der Waals surface area contributed by atoms with Crippen molar-refractivity contribution >= 4 is 33.6 Å². The van der Waals surface area contributed by atoms with Gasteiger partial charge in [-0.15, -0.1) is 0 Å². The summed E-state index contributed by atoms with van der Waals surface area (Å²) in [4.78, 5) is 35.8. The van der Waals surface area contributed by atoms with E-state index in [0.717, 1.165) is 29.1 Å². The Kier molecular flexibility index (Phi) is 5.76. The number of aryl methyl sites for hydroxylation is 1. The van der Waals surface area contributed by atoms with E-state index in [4.69, 9.17) is 0 Å². The van der Waals surface area contributed by atoms with E-state index in [2.05, 4.69) is 14.9 Å². The molecule has 1 unspecified atom stereocenters. The number of para-hydroxylation sites is 2. The maximum absolute atomic E-state index is 15.7. The third-order valence-electron chi connectivity index (χ3n) is 6.67.